The summed E-state index contributed by atoms with van der Waals surface area (Å²) in [7, 11) is -6.18. The van der Waals surface area contributed by atoms with Crippen LogP contribution in [-0.2, 0) is 29.1 Å². The molecule has 2 N–H and O–H groups in total. The molecule has 0 saturated carbocycles. The molecule has 2 saturated heterocycles. The van der Waals surface area contributed by atoms with Gasteiger partial charge in [0.2, 0.25) is 0 Å². The maximum atomic E-state index is 11.5. The maximum absolute atomic E-state index is 11.5. The lowest BCUT2D eigenvalue weighted by Crippen LogP contribution is -2.38. The lowest BCUT2D eigenvalue weighted by Gasteiger charge is -2.13. The van der Waals surface area contributed by atoms with E-state index in [-0.39, 0.29) is 36.2 Å². The summed E-state index contributed by atoms with van der Waals surface area (Å²) in [5, 5.41) is 4.85. The second-order valence-electron chi connectivity index (χ2n) is 5.76. The summed E-state index contributed by atoms with van der Waals surface area (Å²) in [6.07, 6.45) is -0.854. The fraction of sp³-hybridized carbons (Fsp3) is 0.833. The molecule has 2 amide bonds. The van der Waals surface area contributed by atoms with Gasteiger partial charge in [-0.15, -0.1) is 0 Å². The highest BCUT2D eigenvalue weighted by Gasteiger charge is 2.30. The predicted molar refractivity (Wildman–Crippen MR) is 83.1 cm³/mol. The minimum Gasteiger partial charge on any atom is -0.446 e. The summed E-state index contributed by atoms with van der Waals surface area (Å²) in [6, 6.07) is -0.924. The highest BCUT2D eigenvalue weighted by molar-refractivity contribution is 7.91. The van der Waals surface area contributed by atoms with Crippen LogP contribution < -0.4 is 10.6 Å². The van der Waals surface area contributed by atoms with Gasteiger partial charge in [0, 0.05) is 12.1 Å². The van der Waals surface area contributed by atoms with E-state index in [4.69, 9.17) is 9.47 Å². The normalized spacial score (nSPS) is 27.3. The van der Waals surface area contributed by atoms with E-state index in [2.05, 4.69) is 10.6 Å². The van der Waals surface area contributed by atoms with Crippen molar-refractivity contribution in [2.45, 2.75) is 24.9 Å². The molecule has 138 valence electrons. The molecule has 0 unspecified atom stereocenters. The molecule has 2 fully saturated rings. The maximum Gasteiger partial charge on any atom is 0.407 e. The zero-order valence-electron chi connectivity index (χ0n) is 12.9. The van der Waals surface area contributed by atoms with Gasteiger partial charge in [-0.3, -0.25) is 0 Å². The number of rotatable bonds is 5. The van der Waals surface area contributed by atoms with E-state index in [1.807, 2.05) is 0 Å². The molecule has 24 heavy (non-hydrogen) atoms. The number of carbonyl (C=O) groups excluding carboxylic acids is 2. The van der Waals surface area contributed by atoms with Crippen LogP contribution >= 0.6 is 0 Å². The van der Waals surface area contributed by atoms with E-state index >= 15 is 0 Å². The molecule has 2 rings (SSSR count). The third kappa shape index (κ3) is 6.15. The molecule has 0 aromatic rings. The van der Waals surface area contributed by atoms with Crippen molar-refractivity contribution in [3.05, 3.63) is 0 Å². The SMILES string of the molecule is O=C(N[C@@H]1CCS(=O)(=O)C1)OCCOC(=O)N[C@H]1CCS(=O)(=O)C1. The predicted octanol–water partition coefficient (Wildman–Crippen LogP) is -1.19. The minimum absolute atomic E-state index is 0.0398. The van der Waals surface area contributed by atoms with Crippen LogP contribution in [0.25, 0.3) is 0 Å². The molecule has 0 aromatic heterocycles. The first-order valence-corrected chi connectivity index (χ1v) is 11.1. The fourth-order valence-electron chi connectivity index (χ4n) is 2.50. The molecule has 2 heterocycles. The van der Waals surface area contributed by atoms with Crippen molar-refractivity contribution in [3.63, 3.8) is 0 Å². The lowest BCUT2D eigenvalue weighted by molar-refractivity contribution is 0.0932. The van der Waals surface area contributed by atoms with E-state index in [0.717, 1.165) is 0 Å². The smallest absolute Gasteiger partial charge is 0.407 e. The number of carbonyl (C=O) groups is 2. The van der Waals surface area contributed by atoms with Crippen molar-refractivity contribution in [3.8, 4) is 0 Å². The Hall–Kier alpha value is -1.56. The summed E-state index contributed by atoms with van der Waals surface area (Å²) in [5.74, 6) is -0.132. The monoisotopic (exact) mass is 384 g/mol. The molecule has 10 nitrogen and oxygen atoms in total. The Bertz CT molecular complexity index is 628. The van der Waals surface area contributed by atoms with Gasteiger partial charge in [0.15, 0.2) is 19.7 Å². The van der Waals surface area contributed by atoms with Crippen LogP contribution in [0.15, 0.2) is 0 Å². The number of ether oxygens (including phenoxy) is 2. The first kappa shape index (κ1) is 18.8. The van der Waals surface area contributed by atoms with Crippen molar-refractivity contribution < 1.29 is 35.9 Å². The van der Waals surface area contributed by atoms with Gasteiger partial charge in [0.25, 0.3) is 0 Å². The van der Waals surface area contributed by atoms with Crippen LogP contribution in [0.3, 0.4) is 0 Å². The number of sulfone groups is 2. The van der Waals surface area contributed by atoms with Gasteiger partial charge in [0.05, 0.1) is 23.0 Å². The number of amides is 2. The van der Waals surface area contributed by atoms with Crippen LogP contribution in [0.1, 0.15) is 12.8 Å². The van der Waals surface area contributed by atoms with E-state index < -0.39 is 43.9 Å². The molecule has 2 aliphatic heterocycles. The number of hydrogen-bond acceptors (Lipinski definition) is 8. The molecule has 0 radical (unpaired) electrons. The summed E-state index contributed by atoms with van der Waals surface area (Å²) in [6.45, 7) is -0.386. The summed E-state index contributed by atoms with van der Waals surface area (Å²) in [4.78, 5) is 22.9. The summed E-state index contributed by atoms with van der Waals surface area (Å²) >= 11 is 0. The Kier molecular flexibility index (Phi) is 5.91. The van der Waals surface area contributed by atoms with E-state index in [0.29, 0.717) is 12.8 Å². The second-order valence-corrected chi connectivity index (χ2v) is 10.2. The van der Waals surface area contributed by atoms with Crippen molar-refractivity contribution >= 4 is 31.9 Å². The van der Waals surface area contributed by atoms with Crippen LogP contribution in [0.4, 0.5) is 9.59 Å². The third-order valence-corrected chi connectivity index (χ3v) is 7.19. The Morgan fingerprint density at radius 1 is 0.792 bits per heavy atom. The largest absolute Gasteiger partial charge is 0.446 e. The van der Waals surface area contributed by atoms with Gasteiger partial charge in [-0.05, 0) is 12.8 Å². The number of nitrogens with one attached hydrogen (secondary N) is 2. The molecule has 12 heteroatoms. The average Bonchev–Trinajstić information content (AvgIpc) is 2.96. The van der Waals surface area contributed by atoms with Crippen molar-refractivity contribution in [1.29, 1.82) is 0 Å². The molecule has 0 aliphatic carbocycles. The second kappa shape index (κ2) is 7.55. The topological polar surface area (TPSA) is 145 Å². The zero-order chi connectivity index (χ0) is 17.8. The van der Waals surface area contributed by atoms with Gasteiger partial charge in [-0.25, -0.2) is 26.4 Å². The zero-order valence-corrected chi connectivity index (χ0v) is 14.5. The van der Waals surface area contributed by atoms with E-state index in [1.165, 1.54) is 0 Å². The lowest BCUT2D eigenvalue weighted by atomic mass is 10.3. The molecule has 0 spiro atoms. The molecule has 0 aromatic carbocycles. The first-order valence-electron chi connectivity index (χ1n) is 7.43. The summed E-state index contributed by atoms with van der Waals surface area (Å²) in [5.41, 5.74) is 0. The fourth-order valence-corrected chi connectivity index (χ4v) is 5.85. The van der Waals surface area contributed by atoms with Crippen LogP contribution in [0, 0.1) is 0 Å². The molecular weight excluding hydrogens is 364 g/mol. The minimum atomic E-state index is -3.09. The average molecular weight is 384 g/mol. The van der Waals surface area contributed by atoms with Gasteiger partial charge < -0.3 is 20.1 Å². The standard InChI is InChI=1S/C12H20N2O8S2/c15-11(13-9-1-5-23(17,18)7-9)21-3-4-22-12(16)14-10-2-6-24(19,20)8-10/h9-10H,1-8H2,(H,13,15)(H,14,16)/t9-,10+. The van der Waals surface area contributed by atoms with Crippen LogP contribution in [0.5, 0.6) is 0 Å². The Morgan fingerprint density at radius 3 is 1.46 bits per heavy atom. The highest BCUT2D eigenvalue weighted by atomic mass is 32.2. The van der Waals surface area contributed by atoms with Gasteiger partial charge in [-0.2, -0.15) is 0 Å². The van der Waals surface area contributed by atoms with Crippen LogP contribution in [0.2, 0.25) is 0 Å². The van der Waals surface area contributed by atoms with Crippen molar-refractivity contribution in [2.24, 2.45) is 0 Å². The summed E-state index contributed by atoms with van der Waals surface area (Å²) < 4.78 is 54.5. The van der Waals surface area contributed by atoms with Gasteiger partial charge in [0.1, 0.15) is 13.2 Å². The highest BCUT2D eigenvalue weighted by Crippen LogP contribution is 2.12. The Balaban J connectivity index is 1.56. The quantitative estimate of drug-likeness (QED) is 0.563. The number of hydrogen-bond donors (Lipinski definition) is 2. The van der Waals surface area contributed by atoms with E-state index in [9.17, 15) is 26.4 Å². The van der Waals surface area contributed by atoms with Gasteiger partial charge >= 0.3 is 12.2 Å². The third-order valence-electron chi connectivity index (χ3n) is 3.66. The molecular formula is C12H20N2O8S2. The first-order chi connectivity index (χ1) is 11.2. The molecule has 2 atom stereocenters. The number of alkyl carbamates (subject to hydrolysis) is 2. The van der Waals surface area contributed by atoms with Crippen molar-refractivity contribution in [2.75, 3.05) is 36.2 Å². The molecule has 0 bridgehead atoms. The van der Waals surface area contributed by atoms with Crippen LogP contribution in [-0.4, -0.2) is 77.3 Å². The van der Waals surface area contributed by atoms with Gasteiger partial charge in [-0.1, -0.05) is 0 Å². The van der Waals surface area contributed by atoms with Crippen molar-refractivity contribution in [1.82, 2.24) is 10.6 Å². The Morgan fingerprint density at radius 2 is 1.17 bits per heavy atom. The van der Waals surface area contributed by atoms with E-state index in [1.54, 1.807) is 0 Å². The molecule has 2 aliphatic rings. The Labute approximate surface area is 140 Å².